The average molecular weight is 327 g/mol. The number of nitrogens with zero attached hydrogens (tertiary/aromatic N) is 1. The second-order valence-corrected chi connectivity index (χ2v) is 5.35. The number of fused-ring (bicyclic) bond motifs is 1. The van der Waals surface area contributed by atoms with E-state index in [4.69, 9.17) is 16.3 Å². The number of hydrogen-bond donors (Lipinski definition) is 1. The number of nitrogens with one attached hydrogen (secondary N) is 1. The van der Waals surface area contributed by atoms with Crippen molar-refractivity contribution in [3.63, 3.8) is 0 Å². The number of hydrogen-bond acceptors (Lipinski definition) is 3. The first-order valence-corrected chi connectivity index (χ1v) is 7.62. The van der Waals surface area contributed by atoms with Crippen molar-refractivity contribution in [3.8, 4) is 5.75 Å². The Hall–Kier alpha value is -2.59. The monoisotopic (exact) mass is 326 g/mol. The van der Waals surface area contributed by atoms with Crippen LogP contribution in [0.5, 0.6) is 5.75 Å². The van der Waals surface area contributed by atoms with Crippen LogP contribution < -0.4 is 10.1 Å². The molecule has 5 heteroatoms. The van der Waals surface area contributed by atoms with Crippen LogP contribution in [0.3, 0.4) is 0 Å². The Kier molecular flexibility index (Phi) is 4.74. The van der Waals surface area contributed by atoms with Crippen molar-refractivity contribution in [2.45, 2.75) is 0 Å². The number of aromatic nitrogens is 1. The average Bonchev–Trinajstić information content (AvgIpc) is 2.59. The van der Waals surface area contributed by atoms with Crippen LogP contribution in [-0.2, 0) is 0 Å². The summed E-state index contributed by atoms with van der Waals surface area (Å²) in [4.78, 5) is 16.4. The summed E-state index contributed by atoms with van der Waals surface area (Å²) in [6, 6.07) is 18.4. The van der Waals surface area contributed by atoms with Crippen molar-refractivity contribution in [1.82, 2.24) is 10.3 Å². The Morgan fingerprint density at radius 3 is 2.74 bits per heavy atom. The van der Waals surface area contributed by atoms with Gasteiger partial charge >= 0.3 is 0 Å². The minimum Gasteiger partial charge on any atom is -0.492 e. The largest absolute Gasteiger partial charge is 0.492 e. The van der Waals surface area contributed by atoms with E-state index in [2.05, 4.69) is 10.3 Å². The third-order valence-corrected chi connectivity index (χ3v) is 3.53. The molecule has 0 radical (unpaired) electrons. The minimum absolute atomic E-state index is 0.140. The smallest absolute Gasteiger partial charge is 0.251 e. The first kappa shape index (κ1) is 15.3. The molecule has 0 aliphatic rings. The topological polar surface area (TPSA) is 51.2 Å². The molecule has 0 aliphatic carbocycles. The van der Waals surface area contributed by atoms with E-state index in [9.17, 15) is 4.79 Å². The van der Waals surface area contributed by atoms with Crippen LogP contribution in [0.2, 0.25) is 5.15 Å². The molecular formula is C18H15ClN2O2. The van der Waals surface area contributed by atoms with Gasteiger partial charge in [0.1, 0.15) is 17.5 Å². The summed E-state index contributed by atoms with van der Waals surface area (Å²) in [5.41, 5.74) is 1.35. The molecule has 116 valence electrons. The summed E-state index contributed by atoms with van der Waals surface area (Å²) in [6.07, 6.45) is 0. The van der Waals surface area contributed by atoms with Crippen molar-refractivity contribution in [2.75, 3.05) is 13.2 Å². The zero-order valence-electron chi connectivity index (χ0n) is 12.3. The molecule has 2 aromatic carbocycles. The first-order chi connectivity index (χ1) is 11.2. The molecule has 0 fully saturated rings. The van der Waals surface area contributed by atoms with Gasteiger partial charge in [-0.1, -0.05) is 29.8 Å². The number of carbonyl (C=O) groups is 1. The van der Waals surface area contributed by atoms with E-state index in [1.807, 2.05) is 36.4 Å². The number of para-hydroxylation sites is 1. The summed E-state index contributed by atoms with van der Waals surface area (Å²) >= 11 is 5.85. The van der Waals surface area contributed by atoms with Crippen LogP contribution in [0.1, 0.15) is 10.4 Å². The number of ether oxygens (including phenoxy) is 1. The first-order valence-electron chi connectivity index (χ1n) is 7.25. The normalized spacial score (nSPS) is 10.5. The molecule has 1 heterocycles. The quantitative estimate of drug-likeness (QED) is 0.574. The molecular weight excluding hydrogens is 312 g/mol. The third kappa shape index (κ3) is 3.99. The summed E-state index contributed by atoms with van der Waals surface area (Å²) < 4.78 is 5.54. The lowest BCUT2D eigenvalue weighted by Gasteiger charge is -2.08. The summed E-state index contributed by atoms with van der Waals surface area (Å²) in [7, 11) is 0. The molecule has 0 bridgehead atoms. The maximum Gasteiger partial charge on any atom is 0.251 e. The van der Waals surface area contributed by atoms with Gasteiger partial charge in [0.2, 0.25) is 0 Å². The molecule has 0 unspecified atom stereocenters. The Labute approximate surface area is 139 Å². The fourth-order valence-electron chi connectivity index (χ4n) is 2.19. The van der Waals surface area contributed by atoms with Crippen LogP contribution in [0.25, 0.3) is 10.9 Å². The summed E-state index contributed by atoms with van der Waals surface area (Å²) in [6.45, 7) is 0.852. The van der Waals surface area contributed by atoms with Crippen LogP contribution in [-0.4, -0.2) is 24.0 Å². The molecule has 3 aromatic rings. The lowest BCUT2D eigenvalue weighted by atomic mass is 10.1. The SMILES string of the molecule is O=C(NCCOc1ccccc1)c1ccc2nc(Cl)ccc2c1. The van der Waals surface area contributed by atoms with Crippen molar-refractivity contribution >= 4 is 28.4 Å². The summed E-state index contributed by atoms with van der Waals surface area (Å²) in [5, 5.41) is 4.15. The predicted octanol–water partition coefficient (Wildman–Crippen LogP) is 3.70. The summed E-state index contributed by atoms with van der Waals surface area (Å²) in [5.74, 6) is 0.647. The van der Waals surface area contributed by atoms with E-state index in [1.165, 1.54) is 0 Å². The lowest BCUT2D eigenvalue weighted by molar-refractivity contribution is 0.0947. The molecule has 0 aliphatic heterocycles. The zero-order valence-corrected chi connectivity index (χ0v) is 13.1. The highest BCUT2D eigenvalue weighted by Gasteiger charge is 2.06. The van der Waals surface area contributed by atoms with E-state index in [0.29, 0.717) is 23.9 Å². The van der Waals surface area contributed by atoms with Gasteiger partial charge in [0.05, 0.1) is 12.1 Å². The van der Waals surface area contributed by atoms with Crippen LogP contribution >= 0.6 is 11.6 Å². The van der Waals surface area contributed by atoms with Crippen LogP contribution in [0, 0.1) is 0 Å². The van der Waals surface area contributed by atoms with Gasteiger partial charge < -0.3 is 10.1 Å². The third-order valence-electron chi connectivity index (χ3n) is 3.32. The molecule has 0 saturated heterocycles. The molecule has 0 saturated carbocycles. The molecule has 4 nitrogen and oxygen atoms in total. The molecule has 1 amide bonds. The van der Waals surface area contributed by atoms with E-state index in [-0.39, 0.29) is 5.91 Å². The number of rotatable bonds is 5. The van der Waals surface area contributed by atoms with Crippen molar-refractivity contribution in [1.29, 1.82) is 0 Å². The molecule has 1 N–H and O–H groups in total. The van der Waals surface area contributed by atoms with Crippen LogP contribution in [0.15, 0.2) is 60.7 Å². The van der Waals surface area contributed by atoms with Gasteiger partial charge in [-0.15, -0.1) is 0 Å². The number of benzene rings is 2. The van der Waals surface area contributed by atoms with E-state index in [0.717, 1.165) is 16.7 Å². The Bertz CT molecular complexity index is 822. The van der Waals surface area contributed by atoms with E-state index >= 15 is 0 Å². The van der Waals surface area contributed by atoms with Crippen molar-refractivity contribution < 1.29 is 9.53 Å². The van der Waals surface area contributed by atoms with E-state index in [1.54, 1.807) is 24.3 Å². The van der Waals surface area contributed by atoms with Gasteiger partial charge in [0.25, 0.3) is 5.91 Å². The standard InChI is InChI=1S/C18H15ClN2O2/c19-17-9-7-13-12-14(6-8-16(13)21-17)18(22)20-10-11-23-15-4-2-1-3-5-15/h1-9,12H,10-11H2,(H,20,22). The van der Waals surface area contributed by atoms with E-state index < -0.39 is 0 Å². The maximum absolute atomic E-state index is 12.2. The second-order valence-electron chi connectivity index (χ2n) is 4.96. The van der Waals surface area contributed by atoms with Gasteiger partial charge in [-0.25, -0.2) is 4.98 Å². The highest BCUT2D eigenvalue weighted by molar-refractivity contribution is 6.29. The molecule has 1 aromatic heterocycles. The number of amides is 1. The lowest BCUT2D eigenvalue weighted by Crippen LogP contribution is -2.28. The Morgan fingerprint density at radius 1 is 1.09 bits per heavy atom. The Morgan fingerprint density at radius 2 is 1.91 bits per heavy atom. The van der Waals surface area contributed by atoms with Gasteiger partial charge in [-0.2, -0.15) is 0 Å². The maximum atomic E-state index is 12.2. The highest BCUT2D eigenvalue weighted by Crippen LogP contribution is 2.17. The fourth-order valence-corrected chi connectivity index (χ4v) is 2.35. The fraction of sp³-hybridized carbons (Fsp3) is 0.111. The zero-order chi connectivity index (χ0) is 16.1. The van der Waals surface area contributed by atoms with Gasteiger partial charge in [-0.05, 0) is 42.5 Å². The highest BCUT2D eigenvalue weighted by atomic mass is 35.5. The van der Waals surface area contributed by atoms with Gasteiger partial charge in [0.15, 0.2) is 0 Å². The minimum atomic E-state index is -0.140. The predicted molar refractivity (Wildman–Crippen MR) is 91.0 cm³/mol. The number of halogens is 1. The molecule has 0 atom stereocenters. The van der Waals surface area contributed by atoms with Gasteiger partial charge in [-0.3, -0.25) is 4.79 Å². The van der Waals surface area contributed by atoms with Crippen LogP contribution in [0.4, 0.5) is 0 Å². The molecule has 0 spiro atoms. The molecule has 23 heavy (non-hydrogen) atoms. The Balaban J connectivity index is 1.57. The number of carbonyl (C=O) groups excluding carboxylic acids is 1. The van der Waals surface area contributed by atoms with Crippen molar-refractivity contribution in [2.24, 2.45) is 0 Å². The molecule has 3 rings (SSSR count). The second kappa shape index (κ2) is 7.11. The van der Waals surface area contributed by atoms with Gasteiger partial charge in [0, 0.05) is 10.9 Å². The number of pyridine rings is 1. The van der Waals surface area contributed by atoms with Crippen molar-refractivity contribution in [3.05, 3.63) is 71.4 Å².